The molecule has 0 aliphatic heterocycles. The van der Waals surface area contributed by atoms with E-state index in [1.54, 1.807) is 24.3 Å². The van der Waals surface area contributed by atoms with Gasteiger partial charge in [0.1, 0.15) is 0 Å². The predicted molar refractivity (Wildman–Crippen MR) is 88.6 cm³/mol. The molecule has 1 aromatic rings. The minimum atomic E-state index is -0.412. The second-order valence-corrected chi connectivity index (χ2v) is 4.22. The first-order valence-corrected chi connectivity index (χ1v) is 7.51. The van der Waals surface area contributed by atoms with Gasteiger partial charge in [0.25, 0.3) is 0 Å². The number of amides is 1. The van der Waals surface area contributed by atoms with Crippen molar-refractivity contribution in [2.24, 2.45) is 5.92 Å². The summed E-state index contributed by atoms with van der Waals surface area (Å²) in [7, 11) is 1.33. The molecule has 0 saturated heterocycles. The van der Waals surface area contributed by atoms with Gasteiger partial charge in [-0.05, 0) is 24.1 Å². The Balaban J connectivity index is 0. The number of ether oxygens (including phenoxy) is 1. The molecule has 1 N–H and O–H groups in total. The number of carbonyl (C=O) groups is 2. The number of rotatable bonds is 4. The second-order valence-electron chi connectivity index (χ2n) is 4.22. The van der Waals surface area contributed by atoms with Crippen LogP contribution in [0.3, 0.4) is 0 Å². The van der Waals surface area contributed by atoms with Crippen molar-refractivity contribution in [3.8, 4) is 0 Å². The van der Waals surface area contributed by atoms with Crippen LogP contribution in [0, 0.1) is 5.92 Å². The van der Waals surface area contributed by atoms with Crippen LogP contribution in [-0.2, 0) is 9.53 Å². The lowest BCUT2D eigenvalue weighted by Gasteiger charge is -2.08. The zero-order valence-corrected chi connectivity index (χ0v) is 14.3. The van der Waals surface area contributed by atoms with Gasteiger partial charge in [0.15, 0.2) is 0 Å². The molecule has 0 bridgehead atoms. The molecule has 4 heteroatoms. The normalized spacial score (nSPS) is 8.76. The van der Waals surface area contributed by atoms with Crippen LogP contribution < -0.4 is 5.32 Å². The zero-order chi connectivity index (χ0) is 16.8. The van der Waals surface area contributed by atoms with Crippen molar-refractivity contribution in [3.63, 3.8) is 0 Å². The van der Waals surface area contributed by atoms with E-state index in [1.165, 1.54) is 7.11 Å². The molecular formula is C17H29NO3. The highest BCUT2D eigenvalue weighted by molar-refractivity contribution is 5.94. The van der Waals surface area contributed by atoms with Gasteiger partial charge in [-0.1, -0.05) is 47.6 Å². The maximum atomic E-state index is 11.5. The summed E-state index contributed by atoms with van der Waals surface area (Å²) < 4.78 is 4.61. The monoisotopic (exact) mass is 295 g/mol. The van der Waals surface area contributed by atoms with E-state index in [2.05, 4.69) is 10.1 Å². The summed E-state index contributed by atoms with van der Waals surface area (Å²) in [6.45, 7) is 12.0. The standard InChI is InChI=1S/C13H17NO3.2C2H6/c1-9(2)7-12(15)14-11-6-4-5-10(8-11)13(16)17-3;2*1-2/h4-6,8-9H,7H2,1-3H3,(H,14,15);2*1-2H3. The smallest absolute Gasteiger partial charge is 0.337 e. The molecule has 0 spiro atoms. The summed E-state index contributed by atoms with van der Waals surface area (Å²) in [4.78, 5) is 22.8. The molecule has 0 unspecified atom stereocenters. The van der Waals surface area contributed by atoms with E-state index in [-0.39, 0.29) is 5.91 Å². The number of carbonyl (C=O) groups excluding carboxylic acids is 2. The van der Waals surface area contributed by atoms with Crippen LogP contribution in [-0.4, -0.2) is 19.0 Å². The molecule has 1 aromatic carbocycles. The van der Waals surface area contributed by atoms with Crippen LogP contribution in [0.15, 0.2) is 24.3 Å². The molecular weight excluding hydrogens is 266 g/mol. The number of anilines is 1. The Morgan fingerprint density at radius 3 is 2.19 bits per heavy atom. The van der Waals surface area contributed by atoms with Gasteiger partial charge in [-0.3, -0.25) is 4.79 Å². The van der Waals surface area contributed by atoms with Gasteiger partial charge in [-0.15, -0.1) is 0 Å². The zero-order valence-electron chi connectivity index (χ0n) is 14.3. The van der Waals surface area contributed by atoms with Crippen molar-refractivity contribution < 1.29 is 14.3 Å². The fourth-order valence-corrected chi connectivity index (χ4v) is 1.42. The third kappa shape index (κ3) is 9.66. The number of esters is 1. The molecule has 0 atom stereocenters. The number of nitrogens with one attached hydrogen (secondary N) is 1. The van der Waals surface area contributed by atoms with Crippen LogP contribution in [0.5, 0.6) is 0 Å². The minimum absolute atomic E-state index is 0.0537. The lowest BCUT2D eigenvalue weighted by atomic mass is 10.1. The molecule has 0 aliphatic carbocycles. The molecule has 0 saturated carbocycles. The SMILES string of the molecule is CC.CC.COC(=O)c1cccc(NC(=O)CC(C)C)c1. The van der Waals surface area contributed by atoms with Crippen LogP contribution in [0.25, 0.3) is 0 Å². The molecule has 120 valence electrons. The van der Waals surface area contributed by atoms with Crippen LogP contribution in [0.1, 0.15) is 58.3 Å². The Bertz CT molecular complexity index is 414. The van der Waals surface area contributed by atoms with E-state index in [1.807, 2.05) is 41.5 Å². The lowest BCUT2D eigenvalue weighted by molar-refractivity contribution is -0.116. The van der Waals surface area contributed by atoms with E-state index in [4.69, 9.17) is 0 Å². The van der Waals surface area contributed by atoms with Gasteiger partial charge in [-0.25, -0.2) is 4.79 Å². The van der Waals surface area contributed by atoms with E-state index in [9.17, 15) is 9.59 Å². The van der Waals surface area contributed by atoms with Gasteiger partial charge in [0.2, 0.25) is 5.91 Å². The Morgan fingerprint density at radius 2 is 1.71 bits per heavy atom. The van der Waals surface area contributed by atoms with E-state index < -0.39 is 5.97 Å². The topological polar surface area (TPSA) is 55.4 Å². The van der Waals surface area contributed by atoms with Gasteiger partial charge in [0, 0.05) is 12.1 Å². The molecule has 0 radical (unpaired) electrons. The van der Waals surface area contributed by atoms with Crippen LogP contribution in [0.2, 0.25) is 0 Å². The van der Waals surface area contributed by atoms with Crippen LogP contribution in [0.4, 0.5) is 5.69 Å². The molecule has 1 amide bonds. The maximum Gasteiger partial charge on any atom is 0.337 e. The number of hydrogen-bond acceptors (Lipinski definition) is 3. The predicted octanol–water partition coefficient (Wildman–Crippen LogP) is 4.51. The molecule has 0 fully saturated rings. The van der Waals surface area contributed by atoms with Crippen molar-refractivity contribution in [1.82, 2.24) is 0 Å². The molecule has 1 rings (SSSR count). The van der Waals surface area contributed by atoms with Crippen molar-refractivity contribution in [2.75, 3.05) is 12.4 Å². The van der Waals surface area contributed by atoms with Gasteiger partial charge >= 0.3 is 5.97 Å². The number of hydrogen-bond donors (Lipinski definition) is 1. The van der Waals surface area contributed by atoms with E-state index in [0.717, 1.165) is 0 Å². The summed E-state index contributed by atoms with van der Waals surface area (Å²) in [6, 6.07) is 6.69. The third-order valence-electron chi connectivity index (χ3n) is 2.16. The third-order valence-corrected chi connectivity index (χ3v) is 2.16. The summed E-state index contributed by atoms with van der Waals surface area (Å²) in [5.74, 6) is -0.161. The highest BCUT2D eigenvalue weighted by atomic mass is 16.5. The fraction of sp³-hybridized carbons (Fsp3) is 0.529. The van der Waals surface area contributed by atoms with E-state index >= 15 is 0 Å². The Hall–Kier alpha value is -1.84. The maximum absolute atomic E-state index is 11.5. The van der Waals surface area contributed by atoms with Crippen molar-refractivity contribution in [2.45, 2.75) is 48.0 Å². The van der Waals surface area contributed by atoms with Gasteiger partial charge in [0.05, 0.1) is 12.7 Å². The first-order chi connectivity index (χ1) is 10.0. The Morgan fingerprint density at radius 1 is 1.14 bits per heavy atom. The molecule has 0 heterocycles. The van der Waals surface area contributed by atoms with Crippen molar-refractivity contribution in [1.29, 1.82) is 0 Å². The molecule has 4 nitrogen and oxygen atoms in total. The van der Waals surface area contributed by atoms with Crippen molar-refractivity contribution >= 4 is 17.6 Å². The number of benzene rings is 1. The molecule has 21 heavy (non-hydrogen) atoms. The highest BCUT2D eigenvalue weighted by Gasteiger charge is 2.08. The number of methoxy groups -OCH3 is 1. The average molecular weight is 295 g/mol. The van der Waals surface area contributed by atoms with Gasteiger partial charge in [-0.2, -0.15) is 0 Å². The Labute approximate surface area is 128 Å². The largest absolute Gasteiger partial charge is 0.465 e. The van der Waals surface area contributed by atoms with Gasteiger partial charge < -0.3 is 10.1 Å². The summed E-state index contributed by atoms with van der Waals surface area (Å²) >= 11 is 0. The first-order valence-electron chi connectivity index (χ1n) is 7.51. The van der Waals surface area contributed by atoms with E-state index in [0.29, 0.717) is 23.6 Å². The summed E-state index contributed by atoms with van der Waals surface area (Å²) in [5, 5.41) is 2.75. The van der Waals surface area contributed by atoms with Crippen LogP contribution >= 0.6 is 0 Å². The molecule has 0 aromatic heterocycles. The second kappa shape index (κ2) is 13.2. The summed E-state index contributed by atoms with van der Waals surface area (Å²) in [5.41, 5.74) is 1.04. The summed E-state index contributed by atoms with van der Waals surface area (Å²) in [6.07, 6.45) is 0.461. The average Bonchev–Trinajstić information content (AvgIpc) is 2.50. The quantitative estimate of drug-likeness (QED) is 0.831. The fourth-order valence-electron chi connectivity index (χ4n) is 1.42. The highest BCUT2D eigenvalue weighted by Crippen LogP contribution is 2.12. The van der Waals surface area contributed by atoms with Crippen molar-refractivity contribution in [3.05, 3.63) is 29.8 Å². The Kier molecular flexibility index (Phi) is 13.4. The lowest BCUT2D eigenvalue weighted by Crippen LogP contribution is -2.14. The molecule has 0 aliphatic rings. The first kappa shape index (κ1) is 21.5. The minimum Gasteiger partial charge on any atom is -0.465 e.